The lowest BCUT2D eigenvalue weighted by Crippen LogP contribution is -2.38. The average molecular weight is 356 g/mol. The highest BCUT2D eigenvalue weighted by atomic mass is 16.7. The lowest BCUT2D eigenvalue weighted by molar-refractivity contribution is -0.385. The average Bonchev–Trinajstić information content (AvgIpc) is 2.88. The smallest absolute Gasteiger partial charge is 0.269 e. The molecular weight excluding hydrogens is 336 g/mol. The number of nitro groups is 1. The molecule has 1 heterocycles. The van der Waals surface area contributed by atoms with E-state index in [4.69, 9.17) is 9.47 Å². The standard InChI is InChI=1S/C19H20N2O5/c22-18(11-14-5-2-1-3-6-14)20-16-9-10-25-19(26-13-16)15-7-4-8-17(12-15)21(23)24/h1-8,12,16,19H,9-11,13H2,(H,20,22)/t16-,19-/m0/s1. The number of carbonyl (C=O) groups is 1. The first-order valence-electron chi connectivity index (χ1n) is 8.42. The third-order valence-corrected chi connectivity index (χ3v) is 4.11. The van der Waals surface area contributed by atoms with Gasteiger partial charge < -0.3 is 14.8 Å². The number of benzene rings is 2. The molecular formula is C19H20N2O5. The lowest BCUT2D eigenvalue weighted by atomic mass is 10.1. The van der Waals surface area contributed by atoms with Crippen molar-refractivity contribution < 1.29 is 19.2 Å². The van der Waals surface area contributed by atoms with Gasteiger partial charge in [0.2, 0.25) is 5.91 Å². The molecule has 3 rings (SSSR count). The number of ether oxygens (including phenoxy) is 2. The van der Waals surface area contributed by atoms with E-state index in [1.807, 2.05) is 30.3 Å². The summed E-state index contributed by atoms with van der Waals surface area (Å²) in [4.78, 5) is 22.6. The number of hydrogen-bond donors (Lipinski definition) is 1. The second-order valence-corrected chi connectivity index (χ2v) is 6.10. The zero-order valence-electron chi connectivity index (χ0n) is 14.2. The van der Waals surface area contributed by atoms with Gasteiger partial charge in [-0.1, -0.05) is 42.5 Å². The topological polar surface area (TPSA) is 90.7 Å². The van der Waals surface area contributed by atoms with E-state index < -0.39 is 11.2 Å². The molecule has 0 bridgehead atoms. The minimum atomic E-state index is -0.675. The maximum absolute atomic E-state index is 12.2. The number of carbonyl (C=O) groups excluding carboxylic acids is 1. The molecule has 26 heavy (non-hydrogen) atoms. The van der Waals surface area contributed by atoms with Gasteiger partial charge in [-0.2, -0.15) is 0 Å². The van der Waals surface area contributed by atoms with E-state index in [1.54, 1.807) is 12.1 Å². The molecule has 1 fully saturated rings. The fourth-order valence-electron chi connectivity index (χ4n) is 2.80. The zero-order chi connectivity index (χ0) is 18.4. The summed E-state index contributed by atoms with van der Waals surface area (Å²) < 4.78 is 11.4. The van der Waals surface area contributed by atoms with E-state index in [-0.39, 0.29) is 24.2 Å². The molecule has 0 aromatic heterocycles. The maximum atomic E-state index is 12.2. The van der Waals surface area contributed by atoms with Gasteiger partial charge in [-0.15, -0.1) is 0 Å². The summed E-state index contributed by atoms with van der Waals surface area (Å²) in [6.07, 6.45) is 0.254. The molecule has 2 atom stereocenters. The molecule has 7 heteroatoms. The SMILES string of the molecule is O=C(Cc1ccccc1)N[C@H]1CCO[C@H](c2cccc([N+](=O)[O-])c2)OC1. The van der Waals surface area contributed by atoms with Crippen LogP contribution in [0.15, 0.2) is 54.6 Å². The quantitative estimate of drug-likeness (QED) is 0.657. The third-order valence-electron chi connectivity index (χ3n) is 4.11. The Morgan fingerprint density at radius 2 is 1.96 bits per heavy atom. The van der Waals surface area contributed by atoms with Gasteiger partial charge in [-0.05, 0) is 12.0 Å². The Morgan fingerprint density at radius 1 is 1.15 bits per heavy atom. The van der Waals surface area contributed by atoms with Gasteiger partial charge in [0.15, 0.2) is 6.29 Å². The van der Waals surface area contributed by atoms with Gasteiger partial charge in [-0.3, -0.25) is 14.9 Å². The van der Waals surface area contributed by atoms with Crippen LogP contribution in [-0.2, 0) is 20.7 Å². The lowest BCUT2D eigenvalue weighted by Gasteiger charge is -2.17. The number of nitrogens with zero attached hydrogens (tertiary/aromatic N) is 1. The Hall–Kier alpha value is -2.77. The van der Waals surface area contributed by atoms with Crippen LogP contribution in [0, 0.1) is 10.1 Å². The highest BCUT2D eigenvalue weighted by molar-refractivity contribution is 5.78. The first-order valence-corrected chi connectivity index (χ1v) is 8.42. The summed E-state index contributed by atoms with van der Waals surface area (Å²) >= 11 is 0. The van der Waals surface area contributed by atoms with E-state index in [0.29, 0.717) is 25.0 Å². The molecule has 136 valence electrons. The van der Waals surface area contributed by atoms with Crippen molar-refractivity contribution in [2.75, 3.05) is 13.2 Å². The van der Waals surface area contributed by atoms with Crippen molar-refractivity contribution in [3.05, 3.63) is 75.8 Å². The van der Waals surface area contributed by atoms with Crippen LogP contribution in [0.2, 0.25) is 0 Å². The summed E-state index contributed by atoms with van der Waals surface area (Å²) in [6.45, 7) is 0.678. The molecule has 1 amide bonds. The summed E-state index contributed by atoms with van der Waals surface area (Å²) in [5, 5.41) is 13.9. The third kappa shape index (κ3) is 4.87. The van der Waals surface area contributed by atoms with Gasteiger partial charge in [-0.25, -0.2) is 0 Å². The fraction of sp³-hybridized carbons (Fsp3) is 0.316. The van der Waals surface area contributed by atoms with Crippen LogP contribution < -0.4 is 5.32 Å². The van der Waals surface area contributed by atoms with E-state index in [2.05, 4.69) is 5.32 Å². The molecule has 2 aromatic carbocycles. The van der Waals surface area contributed by atoms with E-state index in [1.165, 1.54) is 12.1 Å². The summed E-state index contributed by atoms with van der Waals surface area (Å²) in [7, 11) is 0. The molecule has 1 saturated heterocycles. The van der Waals surface area contributed by atoms with Gasteiger partial charge in [0.25, 0.3) is 5.69 Å². The Morgan fingerprint density at radius 3 is 2.73 bits per heavy atom. The van der Waals surface area contributed by atoms with Crippen LogP contribution in [0.1, 0.15) is 23.8 Å². The molecule has 0 spiro atoms. The predicted molar refractivity (Wildman–Crippen MR) is 94.4 cm³/mol. The first kappa shape index (κ1) is 18.0. The van der Waals surface area contributed by atoms with Crippen molar-refractivity contribution in [1.29, 1.82) is 0 Å². The summed E-state index contributed by atoms with van der Waals surface area (Å²) in [6, 6.07) is 15.6. The van der Waals surface area contributed by atoms with Crippen LogP contribution in [0.5, 0.6) is 0 Å². The molecule has 1 N–H and O–H groups in total. The normalized spacial score (nSPS) is 20.2. The van der Waals surface area contributed by atoms with Crippen molar-refractivity contribution in [1.82, 2.24) is 5.32 Å². The number of hydrogen-bond acceptors (Lipinski definition) is 5. The van der Waals surface area contributed by atoms with Crippen molar-refractivity contribution in [3.63, 3.8) is 0 Å². The second-order valence-electron chi connectivity index (χ2n) is 6.10. The molecule has 0 unspecified atom stereocenters. The highest BCUT2D eigenvalue weighted by Crippen LogP contribution is 2.25. The van der Waals surface area contributed by atoms with Crippen LogP contribution in [0.4, 0.5) is 5.69 Å². The molecule has 0 aliphatic carbocycles. The first-order chi connectivity index (χ1) is 12.6. The molecule has 7 nitrogen and oxygen atoms in total. The number of nitrogens with one attached hydrogen (secondary N) is 1. The van der Waals surface area contributed by atoms with Crippen molar-refractivity contribution >= 4 is 11.6 Å². The second kappa shape index (κ2) is 8.55. The fourth-order valence-corrected chi connectivity index (χ4v) is 2.80. The monoisotopic (exact) mass is 356 g/mol. The molecule has 0 saturated carbocycles. The van der Waals surface area contributed by atoms with E-state index in [9.17, 15) is 14.9 Å². The van der Waals surface area contributed by atoms with Gasteiger partial charge in [0, 0.05) is 17.7 Å². The molecule has 2 aromatic rings. The Balaban J connectivity index is 1.55. The van der Waals surface area contributed by atoms with E-state index >= 15 is 0 Å². The largest absolute Gasteiger partial charge is 0.351 e. The number of nitro benzene ring substituents is 1. The highest BCUT2D eigenvalue weighted by Gasteiger charge is 2.23. The van der Waals surface area contributed by atoms with Crippen molar-refractivity contribution in [2.45, 2.75) is 25.2 Å². The Kier molecular flexibility index (Phi) is 5.93. The zero-order valence-corrected chi connectivity index (χ0v) is 14.2. The number of rotatable bonds is 5. The van der Waals surface area contributed by atoms with Crippen LogP contribution in [-0.4, -0.2) is 30.1 Å². The summed E-state index contributed by atoms with van der Waals surface area (Å²) in [5.41, 5.74) is 1.53. The van der Waals surface area contributed by atoms with Crippen LogP contribution in [0.3, 0.4) is 0 Å². The van der Waals surface area contributed by atoms with Crippen molar-refractivity contribution in [3.8, 4) is 0 Å². The van der Waals surface area contributed by atoms with E-state index in [0.717, 1.165) is 5.56 Å². The number of amides is 1. The Bertz CT molecular complexity index is 766. The number of non-ortho nitro benzene ring substituents is 1. The summed E-state index contributed by atoms with van der Waals surface area (Å²) in [5.74, 6) is -0.0707. The minimum absolute atomic E-state index is 0.00772. The Labute approximate surface area is 151 Å². The molecule has 1 aliphatic heterocycles. The molecule has 0 radical (unpaired) electrons. The van der Waals surface area contributed by atoms with Crippen LogP contribution in [0.25, 0.3) is 0 Å². The molecule has 1 aliphatic rings. The van der Waals surface area contributed by atoms with Gasteiger partial charge in [0.1, 0.15) is 0 Å². The van der Waals surface area contributed by atoms with Crippen molar-refractivity contribution in [2.24, 2.45) is 0 Å². The van der Waals surface area contributed by atoms with Gasteiger partial charge >= 0.3 is 0 Å². The maximum Gasteiger partial charge on any atom is 0.269 e. The van der Waals surface area contributed by atoms with Crippen LogP contribution >= 0.6 is 0 Å². The van der Waals surface area contributed by atoms with Gasteiger partial charge in [0.05, 0.1) is 30.6 Å². The predicted octanol–water partition coefficient (Wildman–Crippen LogP) is 2.76. The minimum Gasteiger partial charge on any atom is -0.351 e.